The largest absolute Gasteiger partial charge is 0.378 e. The van der Waals surface area contributed by atoms with Gasteiger partial charge in [0.05, 0.1) is 22.9 Å². The first kappa shape index (κ1) is 11.1. The zero-order valence-corrected chi connectivity index (χ0v) is 10.1. The van der Waals surface area contributed by atoms with Gasteiger partial charge in [0.2, 0.25) is 0 Å². The van der Waals surface area contributed by atoms with Crippen molar-refractivity contribution in [1.82, 2.24) is 4.98 Å². The maximum absolute atomic E-state index is 13.3. The summed E-state index contributed by atoms with van der Waals surface area (Å²) in [6, 6.07) is 6.68. The summed E-state index contributed by atoms with van der Waals surface area (Å²) in [7, 11) is 0. The van der Waals surface area contributed by atoms with E-state index in [1.165, 1.54) is 6.07 Å². The highest BCUT2D eigenvalue weighted by Crippen LogP contribution is 2.20. The second kappa shape index (κ2) is 4.61. The van der Waals surface area contributed by atoms with Crippen LogP contribution in [0.1, 0.15) is 15.6 Å². The highest BCUT2D eigenvalue weighted by molar-refractivity contribution is 7.11. The van der Waals surface area contributed by atoms with Gasteiger partial charge in [-0.2, -0.15) is 0 Å². The monoisotopic (exact) mass is 236 g/mol. The molecule has 1 N–H and O–H groups in total. The summed E-state index contributed by atoms with van der Waals surface area (Å²) >= 11 is 1.64. The SMILES string of the molecule is Cc1nc(C)c(CNc2ccccc2F)s1. The molecule has 84 valence electrons. The van der Waals surface area contributed by atoms with Crippen LogP contribution in [0, 0.1) is 19.7 Å². The molecule has 0 aliphatic carbocycles. The first-order valence-electron chi connectivity index (χ1n) is 5.08. The normalized spacial score (nSPS) is 10.4. The number of rotatable bonds is 3. The minimum absolute atomic E-state index is 0.221. The Morgan fingerprint density at radius 3 is 2.69 bits per heavy atom. The average Bonchev–Trinajstić information content (AvgIpc) is 2.56. The van der Waals surface area contributed by atoms with Gasteiger partial charge >= 0.3 is 0 Å². The number of aromatic nitrogens is 1. The second-order valence-electron chi connectivity index (χ2n) is 3.57. The highest BCUT2D eigenvalue weighted by Gasteiger charge is 2.05. The van der Waals surface area contributed by atoms with Gasteiger partial charge in [-0.3, -0.25) is 0 Å². The Hall–Kier alpha value is -1.42. The molecule has 0 fully saturated rings. The molecule has 0 amide bonds. The molecule has 0 aliphatic heterocycles. The van der Waals surface area contributed by atoms with Crippen molar-refractivity contribution < 1.29 is 4.39 Å². The van der Waals surface area contributed by atoms with E-state index in [0.29, 0.717) is 12.2 Å². The summed E-state index contributed by atoms with van der Waals surface area (Å²) < 4.78 is 13.3. The predicted molar refractivity (Wildman–Crippen MR) is 65.3 cm³/mol. The third kappa shape index (κ3) is 2.39. The van der Waals surface area contributed by atoms with Gasteiger partial charge in [-0.05, 0) is 26.0 Å². The Morgan fingerprint density at radius 1 is 1.31 bits per heavy atom. The molecule has 4 heteroatoms. The number of nitrogens with one attached hydrogen (secondary N) is 1. The van der Waals surface area contributed by atoms with Crippen LogP contribution in [0.15, 0.2) is 24.3 Å². The molecule has 2 aromatic rings. The fraction of sp³-hybridized carbons (Fsp3) is 0.250. The Labute approximate surface area is 98.2 Å². The minimum atomic E-state index is -0.221. The van der Waals surface area contributed by atoms with Gasteiger partial charge in [0.15, 0.2) is 0 Å². The zero-order valence-electron chi connectivity index (χ0n) is 9.25. The smallest absolute Gasteiger partial charge is 0.146 e. The molecule has 0 aliphatic rings. The van der Waals surface area contributed by atoms with Crippen LogP contribution in [0.25, 0.3) is 0 Å². The van der Waals surface area contributed by atoms with Crippen molar-refractivity contribution in [2.24, 2.45) is 0 Å². The molecule has 0 unspecified atom stereocenters. The number of benzene rings is 1. The molecule has 1 aromatic carbocycles. The third-order valence-corrected chi connectivity index (χ3v) is 3.39. The Bertz CT molecular complexity index is 494. The van der Waals surface area contributed by atoms with Crippen LogP contribution in [-0.2, 0) is 6.54 Å². The lowest BCUT2D eigenvalue weighted by atomic mass is 10.3. The number of halogens is 1. The van der Waals surface area contributed by atoms with Crippen LogP contribution in [0.5, 0.6) is 0 Å². The van der Waals surface area contributed by atoms with Crippen molar-refractivity contribution in [3.8, 4) is 0 Å². The van der Waals surface area contributed by atoms with Gasteiger partial charge in [-0.25, -0.2) is 9.37 Å². The van der Waals surface area contributed by atoms with Crippen molar-refractivity contribution in [2.75, 3.05) is 5.32 Å². The van der Waals surface area contributed by atoms with Crippen molar-refractivity contribution in [1.29, 1.82) is 0 Å². The fourth-order valence-corrected chi connectivity index (χ4v) is 2.39. The number of aryl methyl sites for hydroxylation is 2. The quantitative estimate of drug-likeness (QED) is 0.882. The Morgan fingerprint density at radius 2 is 2.06 bits per heavy atom. The molecular formula is C12H13FN2S. The summed E-state index contributed by atoms with van der Waals surface area (Å²) in [6.07, 6.45) is 0. The lowest BCUT2D eigenvalue weighted by Crippen LogP contribution is -2.00. The molecule has 0 saturated heterocycles. The van der Waals surface area contributed by atoms with Gasteiger partial charge in [0.25, 0.3) is 0 Å². The van der Waals surface area contributed by atoms with Gasteiger partial charge in [-0.1, -0.05) is 12.1 Å². The number of nitrogens with zero attached hydrogens (tertiary/aromatic N) is 1. The van der Waals surface area contributed by atoms with E-state index in [4.69, 9.17) is 0 Å². The highest BCUT2D eigenvalue weighted by atomic mass is 32.1. The molecular weight excluding hydrogens is 223 g/mol. The van der Waals surface area contributed by atoms with Crippen LogP contribution in [-0.4, -0.2) is 4.98 Å². The number of hydrogen-bond acceptors (Lipinski definition) is 3. The van der Waals surface area contributed by atoms with Crippen LogP contribution >= 0.6 is 11.3 Å². The minimum Gasteiger partial charge on any atom is -0.378 e. The van der Waals surface area contributed by atoms with E-state index in [1.807, 2.05) is 19.9 Å². The van der Waals surface area contributed by atoms with Crippen LogP contribution in [0.3, 0.4) is 0 Å². The van der Waals surface area contributed by atoms with Crippen molar-refractivity contribution in [2.45, 2.75) is 20.4 Å². The summed E-state index contributed by atoms with van der Waals surface area (Å²) in [5.41, 5.74) is 1.55. The molecule has 2 rings (SSSR count). The first-order valence-corrected chi connectivity index (χ1v) is 5.90. The second-order valence-corrected chi connectivity index (χ2v) is 4.86. The number of anilines is 1. The van der Waals surface area contributed by atoms with E-state index in [-0.39, 0.29) is 5.82 Å². The fourth-order valence-electron chi connectivity index (χ4n) is 1.52. The van der Waals surface area contributed by atoms with E-state index in [0.717, 1.165) is 15.6 Å². The average molecular weight is 236 g/mol. The summed E-state index contributed by atoms with van der Waals surface area (Å²) in [4.78, 5) is 5.48. The molecule has 0 radical (unpaired) electrons. The Kier molecular flexibility index (Phi) is 3.19. The molecule has 0 spiro atoms. The van der Waals surface area contributed by atoms with Gasteiger partial charge in [-0.15, -0.1) is 11.3 Å². The van der Waals surface area contributed by atoms with E-state index < -0.39 is 0 Å². The van der Waals surface area contributed by atoms with E-state index in [1.54, 1.807) is 23.5 Å². The van der Waals surface area contributed by atoms with E-state index in [2.05, 4.69) is 10.3 Å². The molecule has 0 atom stereocenters. The first-order chi connectivity index (χ1) is 7.66. The number of para-hydroxylation sites is 1. The lowest BCUT2D eigenvalue weighted by Gasteiger charge is -2.05. The predicted octanol–water partition coefficient (Wildman–Crippen LogP) is 3.51. The van der Waals surface area contributed by atoms with Crippen molar-refractivity contribution in [3.05, 3.63) is 45.7 Å². The topological polar surface area (TPSA) is 24.9 Å². The third-order valence-electron chi connectivity index (χ3n) is 2.31. The molecule has 0 saturated carbocycles. The molecule has 2 nitrogen and oxygen atoms in total. The summed E-state index contributed by atoms with van der Waals surface area (Å²) in [5.74, 6) is -0.221. The maximum atomic E-state index is 13.3. The van der Waals surface area contributed by atoms with Gasteiger partial charge in [0.1, 0.15) is 5.82 Å². The number of thiazole rings is 1. The van der Waals surface area contributed by atoms with Crippen LogP contribution < -0.4 is 5.32 Å². The molecule has 16 heavy (non-hydrogen) atoms. The molecule has 1 heterocycles. The maximum Gasteiger partial charge on any atom is 0.146 e. The lowest BCUT2D eigenvalue weighted by molar-refractivity contribution is 0.630. The summed E-state index contributed by atoms with van der Waals surface area (Å²) in [6.45, 7) is 4.57. The van der Waals surface area contributed by atoms with Crippen molar-refractivity contribution >= 4 is 17.0 Å². The zero-order chi connectivity index (χ0) is 11.5. The van der Waals surface area contributed by atoms with Crippen LogP contribution in [0.2, 0.25) is 0 Å². The number of hydrogen-bond donors (Lipinski definition) is 1. The standard InChI is InChI=1S/C12H13FN2S/c1-8-12(16-9(2)15-8)7-14-11-6-4-3-5-10(11)13/h3-6,14H,7H2,1-2H3. The van der Waals surface area contributed by atoms with E-state index >= 15 is 0 Å². The van der Waals surface area contributed by atoms with Crippen LogP contribution in [0.4, 0.5) is 10.1 Å². The summed E-state index contributed by atoms with van der Waals surface area (Å²) in [5, 5.41) is 4.12. The van der Waals surface area contributed by atoms with Gasteiger partial charge < -0.3 is 5.32 Å². The van der Waals surface area contributed by atoms with Crippen molar-refractivity contribution in [3.63, 3.8) is 0 Å². The van der Waals surface area contributed by atoms with Gasteiger partial charge in [0, 0.05) is 4.88 Å². The molecule has 1 aromatic heterocycles. The van der Waals surface area contributed by atoms with E-state index in [9.17, 15) is 4.39 Å². The molecule has 0 bridgehead atoms. The Balaban J connectivity index is 2.08.